The molecule has 90 valence electrons. The Morgan fingerprint density at radius 3 is 2.89 bits per heavy atom. The maximum Gasteiger partial charge on any atom is 0.165 e. The molecule has 18 heavy (non-hydrogen) atoms. The van der Waals surface area contributed by atoms with Crippen LogP contribution in [-0.2, 0) is 5.67 Å². The number of nitrogens with one attached hydrogen (secondary N) is 1. The summed E-state index contributed by atoms with van der Waals surface area (Å²) in [6.45, 7) is -0.743. The summed E-state index contributed by atoms with van der Waals surface area (Å²) in [5.74, 6) is -1.10. The van der Waals surface area contributed by atoms with Gasteiger partial charge in [-0.2, -0.15) is 0 Å². The number of hydrogen-bond donors (Lipinski definition) is 2. The fourth-order valence-electron chi connectivity index (χ4n) is 1.87. The Morgan fingerprint density at radius 1 is 1.44 bits per heavy atom. The molecule has 0 amide bonds. The van der Waals surface area contributed by atoms with E-state index >= 15 is 0 Å². The number of hydrogen-bond acceptors (Lipinski definition) is 3. The van der Waals surface area contributed by atoms with Crippen LogP contribution in [0.15, 0.2) is 34.9 Å². The van der Waals surface area contributed by atoms with Crippen molar-refractivity contribution in [2.45, 2.75) is 11.6 Å². The average Bonchev–Trinajstić information content (AvgIpc) is 2.85. The van der Waals surface area contributed by atoms with Crippen molar-refractivity contribution in [1.29, 1.82) is 0 Å². The van der Waals surface area contributed by atoms with Gasteiger partial charge >= 0.3 is 0 Å². The lowest BCUT2D eigenvalue weighted by Crippen LogP contribution is -2.49. The van der Waals surface area contributed by atoms with Gasteiger partial charge in [-0.25, -0.2) is 4.39 Å². The Morgan fingerprint density at radius 2 is 2.22 bits per heavy atom. The van der Waals surface area contributed by atoms with Crippen molar-refractivity contribution in [2.24, 2.45) is 0 Å². The third kappa shape index (κ3) is 2.18. The van der Waals surface area contributed by atoms with Crippen LogP contribution in [0.25, 0.3) is 11.0 Å². The molecule has 0 bridgehead atoms. The molecule has 3 nitrogen and oxygen atoms in total. The van der Waals surface area contributed by atoms with Gasteiger partial charge in [0, 0.05) is 11.3 Å². The van der Waals surface area contributed by atoms with Crippen LogP contribution >= 0.6 is 0 Å². The van der Waals surface area contributed by atoms with Gasteiger partial charge in [0.1, 0.15) is 5.58 Å². The van der Waals surface area contributed by atoms with Crippen molar-refractivity contribution in [3.8, 4) is 0 Å². The second kappa shape index (κ2) is 5.16. The SMILES string of the molecule is [B]CNC([B])C(F)(CO)c1ccc2ccoc2c1. The zero-order valence-electron chi connectivity index (χ0n) is 9.77. The molecule has 2 N–H and O–H groups in total. The number of aliphatic hydroxyl groups excluding tert-OH is 1. The van der Waals surface area contributed by atoms with E-state index in [4.69, 9.17) is 20.1 Å². The van der Waals surface area contributed by atoms with E-state index in [0.29, 0.717) is 5.58 Å². The molecule has 1 aromatic heterocycles. The van der Waals surface area contributed by atoms with Gasteiger partial charge in [0.05, 0.1) is 28.6 Å². The van der Waals surface area contributed by atoms with Crippen molar-refractivity contribution in [2.75, 3.05) is 13.1 Å². The molecule has 6 heteroatoms. The molecule has 2 unspecified atom stereocenters. The minimum absolute atomic E-state index is 0.0236. The lowest BCUT2D eigenvalue weighted by atomic mass is 9.77. The lowest BCUT2D eigenvalue weighted by molar-refractivity contribution is 0.0568. The van der Waals surface area contributed by atoms with Crippen molar-refractivity contribution < 1.29 is 13.9 Å². The van der Waals surface area contributed by atoms with Gasteiger partial charge in [-0.1, -0.05) is 12.1 Å². The van der Waals surface area contributed by atoms with Crippen LogP contribution in [-0.4, -0.2) is 39.8 Å². The number of alkyl halides is 1. The van der Waals surface area contributed by atoms with E-state index in [1.54, 1.807) is 18.2 Å². The van der Waals surface area contributed by atoms with Gasteiger partial charge in [0.25, 0.3) is 0 Å². The molecule has 2 rings (SSSR count). The van der Waals surface area contributed by atoms with E-state index in [-0.39, 0.29) is 12.0 Å². The Bertz CT molecular complexity index is 534. The molecule has 2 aromatic rings. The molecule has 0 aliphatic heterocycles. The zero-order valence-corrected chi connectivity index (χ0v) is 9.77. The highest BCUT2D eigenvalue weighted by atomic mass is 19.1. The van der Waals surface area contributed by atoms with Crippen LogP contribution in [0.1, 0.15) is 5.56 Å². The summed E-state index contributed by atoms with van der Waals surface area (Å²) in [4.78, 5) is 0. The van der Waals surface area contributed by atoms with E-state index in [1.807, 2.05) is 0 Å². The first-order valence-corrected chi connectivity index (χ1v) is 5.58. The van der Waals surface area contributed by atoms with Gasteiger partial charge in [-0.15, -0.1) is 0 Å². The topological polar surface area (TPSA) is 45.4 Å². The van der Waals surface area contributed by atoms with Gasteiger partial charge in [-0.3, -0.25) is 0 Å². The van der Waals surface area contributed by atoms with Crippen LogP contribution < -0.4 is 5.32 Å². The summed E-state index contributed by atoms with van der Waals surface area (Å²) in [6, 6.07) is 6.60. The van der Waals surface area contributed by atoms with Gasteiger partial charge in [0.2, 0.25) is 0 Å². The predicted octanol–water partition coefficient (Wildman–Crippen LogP) is 0.800. The summed E-state index contributed by atoms with van der Waals surface area (Å²) in [5, 5.41) is 12.7. The molecule has 4 radical (unpaired) electrons. The number of rotatable bonds is 5. The first kappa shape index (κ1) is 13.2. The standard InChI is InChI=1S/C12H12B2FNO2/c13-7-16-11(14)12(15,6-17)9-2-1-8-3-4-18-10(8)5-9/h1-5,11,16-17H,6-7H2. The molecular weight excluding hydrogens is 231 g/mol. The number of fused-ring (bicyclic) bond motifs is 1. The number of furan rings is 1. The quantitative estimate of drug-likeness (QED) is 0.763. The molecule has 0 aliphatic rings. The molecule has 0 saturated carbocycles. The molecular formula is C12H12B2FNO2. The normalized spacial score (nSPS) is 16.6. The summed E-state index contributed by atoms with van der Waals surface area (Å²) in [5.41, 5.74) is -1.32. The van der Waals surface area contributed by atoms with E-state index in [2.05, 4.69) is 5.32 Å². The highest BCUT2D eigenvalue weighted by Crippen LogP contribution is 2.31. The smallest absolute Gasteiger partial charge is 0.165 e. The number of aliphatic hydroxyl groups is 1. The van der Waals surface area contributed by atoms with E-state index in [1.165, 1.54) is 12.3 Å². The first-order chi connectivity index (χ1) is 8.61. The number of benzene rings is 1. The van der Waals surface area contributed by atoms with Crippen LogP contribution in [0, 0.1) is 0 Å². The van der Waals surface area contributed by atoms with Gasteiger partial charge < -0.3 is 14.8 Å². The minimum atomic E-state index is -2.11. The minimum Gasteiger partial charge on any atom is -0.464 e. The fraction of sp³-hybridized carbons (Fsp3) is 0.333. The Kier molecular flexibility index (Phi) is 3.78. The fourth-order valence-corrected chi connectivity index (χ4v) is 1.87. The van der Waals surface area contributed by atoms with Crippen molar-refractivity contribution in [1.82, 2.24) is 5.32 Å². The maximum atomic E-state index is 14.7. The van der Waals surface area contributed by atoms with Crippen molar-refractivity contribution >= 4 is 26.7 Å². The molecule has 0 aliphatic carbocycles. The predicted molar refractivity (Wildman–Crippen MR) is 69.4 cm³/mol. The van der Waals surface area contributed by atoms with E-state index in [0.717, 1.165) is 5.39 Å². The molecule has 2 atom stereocenters. The summed E-state index contributed by atoms with van der Waals surface area (Å²) >= 11 is 0. The Hall–Kier alpha value is -1.26. The molecule has 0 saturated heterocycles. The van der Waals surface area contributed by atoms with E-state index in [9.17, 15) is 9.50 Å². The van der Waals surface area contributed by atoms with Crippen LogP contribution in [0.5, 0.6) is 0 Å². The second-order valence-electron chi connectivity index (χ2n) is 4.08. The third-order valence-electron chi connectivity index (χ3n) is 3.00. The third-order valence-corrected chi connectivity index (χ3v) is 3.00. The molecule has 0 fully saturated rings. The average molecular weight is 243 g/mol. The second-order valence-corrected chi connectivity index (χ2v) is 4.08. The largest absolute Gasteiger partial charge is 0.464 e. The van der Waals surface area contributed by atoms with Crippen LogP contribution in [0.2, 0.25) is 0 Å². The summed E-state index contributed by atoms with van der Waals surface area (Å²) in [7, 11) is 10.9. The Labute approximate surface area is 107 Å². The van der Waals surface area contributed by atoms with Gasteiger partial charge in [-0.05, 0) is 24.1 Å². The Balaban J connectivity index is 2.41. The summed E-state index contributed by atoms with van der Waals surface area (Å²) in [6.07, 6.45) is 1.54. The molecule has 0 spiro atoms. The highest BCUT2D eigenvalue weighted by Gasteiger charge is 2.37. The monoisotopic (exact) mass is 243 g/mol. The molecule has 1 heterocycles. The lowest BCUT2D eigenvalue weighted by Gasteiger charge is -2.31. The maximum absolute atomic E-state index is 14.7. The van der Waals surface area contributed by atoms with Gasteiger partial charge in [0.15, 0.2) is 5.67 Å². The molecule has 1 aromatic carbocycles. The number of halogens is 1. The zero-order chi connectivity index (χ0) is 13.2. The first-order valence-electron chi connectivity index (χ1n) is 5.58. The van der Waals surface area contributed by atoms with Crippen molar-refractivity contribution in [3.05, 3.63) is 36.1 Å². The van der Waals surface area contributed by atoms with Crippen molar-refractivity contribution in [3.63, 3.8) is 0 Å². The van der Waals surface area contributed by atoms with E-state index < -0.39 is 18.2 Å². The van der Waals surface area contributed by atoms with Crippen LogP contribution in [0.4, 0.5) is 4.39 Å². The highest BCUT2D eigenvalue weighted by molar-refractivity contribution is 6.14. The summed E-state index contributed by atoms with van der Waals surface area (Å²) < 4.78 is 19.9. The van der Waals surface area contributed by atoms with Crippen LogP contribution in [0.3, 0.4) is 0 Å².